The molecule has 0 N–H and O–H groups in total. The lowest BCUT2D eigenvalue weighted by Gasteiger charge is -2.18. The van der Waals surface area contributed by atoms with Gasteiger partial charge in [0.25, 0.3) is 0 Å². The maximum Gasteiger partial charge on any atom is 0.194 e. The van der Waals surface area contributed by atoms with E-state index < -0.39 is 0 Å². The van der Waals surface area contributed by atoms with Gasteiger partial charge in [-0.1, -0.05) is 30.3 Å². The fraction of sp³-hybridized carbons (Fsp3) is 0.111. The van der Waals surface area contributed by atoms with Crippen molar-refractivity contribution in [3.8, 4) is 11.5 Å². The number of rotatable bonds is 3. The van der Waals surface area contributed by atoms with Crippen molar-refractivity contribution in [1.29, 1.82) is 0 Å². The first-order valence-corrected chi connectivity index (χ1v) is 6.78. The molecule has 1 aliphatic carbocycles. The average molecular weight is 294 g/mol. The lowest BCUT2D eigenvalue weighted by atomic mass is 9.86. The third-order valence-electron chi connectivity index (χ3n) is 3.64. The van der Waals surface area contributed by atoms with E-state index in [1.807, 2.05) is 30.3 Å². The Labute approximate surface area is 128 Å². The number of carbonyl (C=O) groups is 2. The molecule has 0 heterocycles. The summed E-state index contributed by atoms with van der Waals surface area (Å²) >= 11 is 0. The van der Waals surface area contributed by atoms with E-state index in [1.54, 1.807) is 12.1 Å². The zero-order chi connectivity index (χ0) is 15.7. The summed E-state index contributed by atoms with van der Waals surface area (Å²) < 4.78 is 10.4. The van der Waals surface area contributed by atoms with Crippen LogP contribution in [0.4, 0.5) is 0 Å². The summed E-state index contributed by atoms with van der Waals surface area (Å²) in [5.74, 6) is 0.451. The maximum absolute atomic E-state index is 12.7. The molecule has 22 heavy (non-hydrogen) atoms. The van der Waals surface area contributed by atoms with Crippen molar-refractivity contribution in [3.05, 3.63) is 65.2 Å². The highest BCUT2D eigenvalue weighted by Crippen LogP contribution is 2.35. The van der Waals surface area contributed by atoms with Crippen LogP contribution in [0.15, 0.2) is 48.5 Å². The first kappa shape index (κ1) is 14.1. The molecular formula is C18H14O4. The largest absolute Gasteiger partial charge is 0.493 e. The van der Waals surface area contributed by atoms with Crippen molar-refractivity contribution >= 4 is 17.1 Å². The molecule has 0 bridgehead atoms. The molecule has 0 radical (unpaired) electrons. The maximum atomic E-state index is 12.7. The minimum atomic E-state index is -0.214. The smallest absolute Gasteiger partial charge is 0.194 e. The highest BCUT2D eigenvalue weighted by molar-refractivity contribution is 6.38. The zero-order valence-electron chi connectivity index (χ0n) is 12.3. The van der Waals surface area contributed by atoms with E-state index in [-0.39, 0.29) is 11.6 Å². The van der Waals surface area contributed by atoms with Crippen LogP contribution in [-0.4, -0.2) is 25.8 Å². The SMILES string of the molecule is COc1cc2c(cc1OC)C(=O)C(c1ccccc1)=CC2=O. The minimum absolute atomic E-state index is 0.193. The number of allylic oxidation sites excluding steroid dienone is 2. The van der Waals surface area contributed by atoms with Crippen molar-refractivity contribution in [2.75, 3.05) is 14.2 Å². The quantitative estimate of drug-likeness (QED) is 0.872. The van der Waals surface area contributed by atoms with Crippen molar-refractivity contribution in [2.45, 2.75) is 0 Å². The Balaban J connectivity index is 2.16. The third-order valence-corrected chi connectivity index (χ3v) is 3.64. The number of fused-ring (bicyclic) bond motifs is 1. The summed E-state index contributed by atoms with van der Waals surface area (Å²) in [5, 5.41) is 0. The molecule has 3 rings (SSSR count). The molecule has 110 valence electrons. The van der Waals surface area contributed by atoms with Gasteiger partial charge in [-0.15, -0.1) is 0 Å². The highest BCUT2D eigenvalue weighted by Gasteiger charge is 2.28. The fourth-order valence-electron chi connectivity index (χ4n) is 2.52. The Kier molecular flexibility index (Phi) is 3.51. The van der Waals surface area contributed by atoms with Crippen LogP contribution in [0.3, 0.4) is 0 Å². The Bertz CT molecular complexity index is 788. The number of Topliss-reactive ketones (excluding diaryl/α,β-unsaturated/α-hetero) is 1. The van der Waals surface area contributed by atoms with Crippen LogP contribution in [0.25, 0.3) is 5.57 Å². The van der Waals surface area contributed by atoms with E-state index in [9.17, 15) is 9.59 Å². The number of hydrogen-bond acceptors (Lipinski definition) is 4. The van der Waals surface area contributed by atoms with Gasteiger partial charge in [-0.3, -0.25) is 9.59 Å². The molecule has 0 atom stereocenters. The van der Waals surface area contributed by atoms with Gasteiger partial charge in [0, 0.05) is 16.7 Å². The lowest BCUT2D eigenvalue weighted by molar-refractivity contribution is 0.100. The van der Waals surface area contributed by atoms with Crippen LogP contribution in [0.2, 0.25) is 0 Å². The average Bonchev–Trinajstić information content (AvgIpc) is 2.57. The van der Waals surface area contributed by atoms with E-state index in [4.69, 9.17) is 9.47 Å². The molecule has 0 fully saturated rings. The van der Waals surface area contributed by atoms with Gasteiger partial charge in [0.2, 0.25) is 0 Å². The topological polar surface area (TPSA) is 52.6 Å². The Morgan fingerprint density at radius 2 is 1.41 bits per heavy atom. The number of carbonyl (C=O) groups excluding carboxylic acids is 2. The van der Waals surface area contributed by atoms with Gasteiger partial charge in [0.1, 0.15) is 0 Å². The lowest BCUT2D eigenvalue weighted by Crippen LogP contribution is -2.16. The van der Waals surface area contributed by atoms with Crippen molar-refractivity contribution in [1.82, 2.24) is 0 Å². The first-order valence-electron chi connectivity index (χ1n) is 6.78. The molecule has 0 spiro atoms. The molecule has 0 aromatic heterocycles. The van der Waals surface area contributed by atoms with E-state index in [2.05, 4.69) is 0 Å². The number of ketones is 2. The van der Waals surface area contributed by atoms with Gasteiger partial charge in [-0.25, -0.2) is 0 Å². The molecule has 0 amide bonds. The standard InChI is InChI=1S/C18H14O4/c1-21-16-9-13-14(10-17(16)22-2)18(20)12(8-15(13)19)11-6-4-3-5-7-11/h3-10H,1-2H3. The van der Waals surface area contributed by atoms with Crippen LogP contribution < -0.4 is 9.47 Å². The molecule has 4 heteroatoms. The summed E-state index contributed by atoms with van der Waals surface area (Å²) in [6.07, 6.45) is 1.38. The van der Waals surface area contributed by atoms with Crippen LogP contribution in [0.1, 0.15) is 26.3 Å². The summed E-state index contributed by atoms with van der Waals surface area (Å²) in [5.41, 5.74) is 1.79. The van der Waals surface area contributed by atoms with Crippen LogP contribution in [0, 0.1) is 0 Å². The molecule has 4 nitrogen and oxygen atoms in total. The summed E-state index contributed by atoms with van der Waals surface area (Å²) in [7, 11) is 2.98. The van der Waals surface area contributed by atoms with Crippen LogP contribution in [-0.2, 0) is 0 Å². The third kappa shape index (κ3) is 2.19. The summed E-state index contributed by atoms with van der Waals surface area (Å²) in [6.45, 7) is 0. The number of methoxy groups -OCH3 is 2. The molecule has 2 aromatic carbocycles. The Morgan fingerprint density at radius 1 is 0.818 bits per heavy atom. The summed E-state index contributed by atoms with van der Waals surface area (Å²) in [6, 6.07) is 12.2. The number of benzene rings is 2. The second-order valence-corrected chi connectivity index (χ2v) is 4.87. The molecule has 0 saturated carbocycles. The zero-order valence-corrected chi connectivity index (χ0v) is 12.3. The molecular weight excluding hydrogens is 280 g/mol. The molecule has 1 aliphatic rings. The minimum Gasteiger partial charge on any atom is -0.493 e. The monoisotopic (exact) mass is 294 g/mol. The van der Waals surface area contributed by atoms with Crippen molar-refractivity contribution in [2.24, 2.45) is 0 Å². The molecule has 0 unspecified atom stereocenters. The fourth-order valence-corrected chi connectivity index (χ4v) is 2.52. The Hall–Kier alpha value is -2.88. The number of hydrogen-bond donors (Lipinski definition) is 0. The van der Waals surface area contributed by atoms with Crippen LogP contribution in [0.5, 0.6) is 11.5 Å². The highest BCUT2D eigenvalue weighted by atomic mass is 16.5. The van der Waals surface area contributed by atoms with E-state index >= 15 is 0 Å². The van der Waals surface area contributed by atoms with Gasteiger partial charge >= 0.3 is 0 Å². The van der Waals surface area contributed by atoms with E-state index in [0.717, 1.165) is 5.56 Å². The van der Waals surface area contributed by atoms with Gasteiger partial charge in [-0.05, 0) is 23.8 Å². The predicted octanol–water partition coefficient (Wildman–Crippen LogP) is 3.17. The first-order chi connectivity index (χ1) is 10.7. The molecule has 0 saturated heterocycles. The predicted molar refractivity (Wildman–Crippen MR) is 82.6 cm³/mol. The Morgan fingerprint density at radius 3 is 2.00 bits per heavy atom. The van der Waals surface area contributed by atoms with E-state index in [1.165, 1.54) is 20.3 Å². The van der Waals surface area contributed by atoms with Gasteiger partial charge in [0.15, 0.2) is 23.1 Å². The second-order valence-electron chi connectivity index (χ2n) is 4.87. The van der Waals surface area contributed by atoms with Gasteiger partial charge in [0.05, 0.1) is 14.2 Å². The number of ether oxygens (including phenoxy) is 2. The molecule has 2 aromatic rings. The second kappa shape index (κ2) is 5.48. The van der Waals surface area contributed by atoms with Crippen molar-refractivity contribution < 1.29 is 19.1 Å². The van der Waals surface area contributed by atoms with Gasteiger partial charge < -0.3 is 9.47 Å². The van der Waals surface area contributed by atoms with E-state index in [0.29, 0.717) is 28.2 Å². The van der Waals surface area contributed by atoms with Crippen LogP contribution >= 0.6 is 0 Å². The van der Waals surface area contributed by atoms with Crippen molar-refractivity contribution in [3.63, 3.8) is 0 Å². The van der Waals surface area contributed by atoms with Gasteiger partial charge in [-0.2, -0.15) is 0 Å². The normalized spacial score (nSPS) is 13.5. The molecule has 0 aliphatic heterocycles. The summed E-state index contributed by atoms with van der Waals surface area (Å²) in [4.78, 5) is 25.1.